The third-order valence-electron chi connectivity index (χ3n) is 4.47. The number of nitrogens with zero attached hydrogens (tertiary/aromatic N) is 2. The van der Waals surface area contributed by atoms with Crippen molar-refractivity contribution in [1.29, 1.82) is 0 Å². The van der Waals surface area contributed by atoms with Crippen LogP contribution in [0, 0.1) is 0 Å². The van der Waals surface area contributed by atoms with Gasteiger partial charge in [0.15, 0.2) is 0 Å². The molecule has 1 heterocycles. The maximum Gasteiger partial charge on any atom is 0.317 e. The number of urea groups is 1. The molecule has 0 aromatic heterocycles. The van der Waals surface area contributed by atoms with Crippen molar-refractivity contribution >= 4 is 23.5 Å². The summed E-state index contributed by atoms with van der Waals surface area (Å²) in [5.41, 5.74) is 2.01. The van der Waals surface area contributed by atoms with E-state index in [1.54, 1.807) is 17.0 Å². The number of hydrogen-bond donors (Lipinski definition) is 1. The first-order chi connectivity index (χ1) is 12.6. The summed E-state index contributed by atoms with van der Waals surface area (Å²) < 4.78 is 0. The fourth-order valence-corrected chi connectivity index (χ4v) is 3.06. The number of carbonyl (C=O) groups excluding carboxylic acids is 2. The number of benzene rings is 2. The summed E-state index contributed by atoms with van der Waals surface area (Å²) >= 11 is 5.87. The number of hydrogen-bond acceptors (Lipinski definition) is 2. The van der Waals surface area contributed by atoms with E-state index >= 15 is 0 Å². The van der Waals surface area contributed by atoms with Gasteiger partial charge in [0.25, 0.3) is 0 Å². The van der Waals surface area contributed by atoms with Gasteiger partial charge in [-0.3, -0.25) is 4.79 Å². The van der Waals surface area contributed by atoms with E-state index in [2.05, 4.69) is 5.32 Å². The lowest BCUT2D eigenvalue weighted by atomic mass is 10.1. The summed E-state index contributed by atoms with van der Waals surface area (Å²) in [4.78, 5) is 28.3. The molecule has 1 fully saturated rings. The van der Waals surface area contributed by atoms with Crippen LogP contribution in [-0.4, -0.2) is 47.9 Å². The minimum Gasteiger partial charge on any atom is -0.339 e. The summed E-state index contributed by atoms with van der Waals surface area (Å²) in [6.45, 7) is 2.73. The molecule has 3 amide bonds. The Labute approximate surface area is 158 Å². The maximum absolute atomic E-state index is 12.4. The Morgan fingerprint density at radius 2 is 1.46 bits per heavy atom. The van der Waals surface area contributed by atoms with Crippen LogP contribution in [0.3, 0.4) is 0 Å². The molecule has 136 valence electrons. The summed E-state index contributed by atoms with van der Waals surface area (Å²) in [5, 5.41) is 3.59. The largest absolute Gasteiger partial charge is 0.339 e. The number of halogens is 1. The third kappa shape index (κ3) is 4.99. The lowest BCUT2D eigenvalue weighted by molar-refractivity contribution is -0.131. The molecule has 0 saturated carbocycles. The maximum atomic E-state index is 12.4. The van der Waals surface area contributed by atoms with Gasteiger partial charge in [0, 0.05) is 37.7 Å². The Hall–Kier alpha value is -2.53. The second kappa shape index (κ2) is 8.72. The van der Waals surface area contributed by atoms with Crippen molar-refractivity contribution in [2.75, 3.05) is 26.2 Å². The highest BCUT2D eigenvalue weighted by atomic mass is 35.5. The molecule has 0 unspecified atom stereocenters. The van der Waals surface area contributed by atoms with Gasteiger partial charge in [-0.2, -0.15) is 0 Å². The smallest absolute Gasteiger partial charge is 0.317 e. The van der Waals surface area contributed by atoms with Gasteiger partial charge in [-0.1, -0.05) is 54.1 Å². The second-order valence-electron chi connectivity index (χ2n) is 6.32. The van der Waals surface area contributed by atoms with E-state index in [9.17, 15) is 9.59 Å². The van der Waals surface area contributed by atoms with Gasteiger partial charge in [-0.25, -0.2) is 4.79 Å². The zero-order valence-electron chi connectivity index (χ0n) is 14.5. The zero-order valence-corrected chi connectivity index (χ0v) is 15.3. The van der Waals surface area contributed by atoms with Crippen molar-refractivity contribution in [3.8, 4) is 0 Å². The highest BCUT2D eigenvalue weighted by Crippen LogP contribution is 2.12. The van der Waals surface area contributed by atoms with Crippen LogP contribution in [-0.2, 0) is 17.8 Å². The number of carbonyl (C=O) groups is 2. The van der Waals surface area contributed by atoms with Gasteiger partial charge in [-0.15, -0.1) is 0 Å². The molecule has 0 bridgehead atoms. The van der Waals surface area contributed by atoms with Gasteiger partial charge < -0.3 is 15.1 Å². The molecular formula is C20H22ClN3O2. The summed E-state index contributed by atoms with van der Waals surface area (Å²) in [6.07, 6.45) is 0.359. The van der Waals surface area contributed by atoms with E-state index in [-0.39, 0.29) is 11.9 Å². The minimum absolute atomic E-state index is 0.0802. The molecule has 0 radical (unpaired) electrons. The van der Waals surface area contributed by atoms with Gasteiger partial charge in [0.05, 0.1) is 6.42 Å². The molecule has 1 aliphatic rings. The Balaban J connectivity index is 1.43. The third-order valence-corrected chi connectivity index (χ3v) is 4.73. The molecule has 0 aliphatic carbocycles. The summed E-state index contributed by atoms with van der Waals surface area (Å²) in [6, 6.07) is 17.0. The molecule has 6 heteroatoms. The molecule has 1 aliphatic heterocycles. The van der Waals surface area contributed by atoms with Crippen LogP contribution in [0.5, 0.6) is 0 Å². The van der Waals surface area contributed by atoms with Crippen molar-refractivity contribution < 1.29 is 9.59 Å². The Morgan fingerprint density at radius 1 is 0.846 bits per heavy atom. The van der Waals surface area contributed by atoms with Crippen LogP contribution < -0.4 is 5.32 Å². The first-order valence-electron chi connectivity index (χ1n) is 8.71. The SMILES string of the molecule is O=C(Cc1ccc(Cl)cc1)N1CCN(C(=O)NCc2ccccc2)CC1. The van der Waals surface area contributed by atoms with Crippen molar-refractivity contribution in [1.82, 2.24) is 15.1 Å². The minimum atomic E-state index is -0.0846. The van der Waals surface area contributed by atoms with Crippen LogP contribution in [0.2, 0.25) is 5.02 Å². The Morgan fingerprint density at radius 3 is 2.12 bits per heavy atom. The van der Waals surface area contributed by atoms with Crippen molar-refractivity contribution in [3.05, 3.63) is 70.7 Å². The lowest BCUT2D eigenvalue weighted by Gasteiger charge is -2.34. The van der Waals surface area contributed by atoms with Crippen LogP contribution in [0.25, 0.3) is 0 Å². The Bertz CT molecular complexity index is 741. The molecule has 2 aromatic rings. The van der Waals surface area contributed by atoms with E-state index in [0.717, 1.165) is 11.1 Å². The zero-order chi connectivity index (χ0) is 18.4. The lowest BCUT2D eigenvalue weighted by Crippen LogP contribution is -2.53. The van der Waals surface area contributed by atoms with Crippen LogP contribution in [0.1, 0.15) is 11.1 Å². The van der Waals surface area contributed by atoms with E-state index < -0.39 is 0 Å². The monoisotopic (exact) mass is 371 g/mol. The normalized spacial score (nSPS) is 14.2. The molecule has 0 atom stereocenters. The fraction of sp³-hybridized carbons (Fsp3) is 0.300. The van der Waals surface area contributed by atoms with E-state index in [1.807, 2.05) is 47.4 Å². The van der Waals surface area contributed by atoms with E-state index in [1.165, 1.54) is 0 Å². The molecule has 26 heavy (non-hydrogen) atoms. The summed E-state index contributed by atoms with van der Waals surface area (Å²) in [7, 11) is 0. The molecule has 3 rings (SSSR count). The molecule has 5 nitrogen and oxygen atoms in total. The highest BCUT2D eigenvalue weighted by molar-refractivity contribution is 6.30. The van der Waals surface area contributed by atoms with Crippen LogP contribution >= 0.6 is 11.6 Å². The predicted molar refractivity (Wildman–Crippen MR) is 102 cm³/mol. The molecule has 0 spiro atoms. The first kappa shape index (κ1) is 18.3. The van der Waals surface area contributed by atoms with Gasteiger partial charge in [-0.05, 0) is 23.3 Å². The molecule has 2 aromatic carbocycles. The topological polar surface area (TPSA) is 52.7 Å². The molecule has 1 N–H and O–H groups in total. The average molecular weight is 372 g/mol. The van der Waals surface area contributed by atoms with Gasteiger partial charge in [0.1, 0.15) is 0 Å². The fourth-order valence-electron chi connectivity index (χ4n) is 2.93. The average Bonchev–Trinajstić information content (AvgIpc) is 2.69. The number of rotatable bonds is 4. The highest BCUT2D eigenvalue weighted by Gasteiger charge is 2.23. The van der Waals surface area contributed by atoms with E-state index in [4.69, 9.17) is 11.6 Å². The van der Waals surface area contributed by atoms with E-state index in [0.29, 0.717) is 44.2 Å². The second-order valence-corrected chi connectivity index (χ2v) is 6.75. The predicted octanol–water partition coefficient (Wildman–Crippen LogP) is 2.94. The number of piperazine rings is 1. The quantitative estimate of drug-likeness (QED) is 0.898. The number of amides is 3. The molecular weight excluding hydrogens is 350 g/mol. The van der Waals surface area contributed by atoms with Crippen molar-refractivity contribution in [3.63, 3.8) is 0 Å². The summed E-state index contributed by atoms with van der Waals surface area (Å²) in [5.74, 6) is 0.0802. The van der Waals surface area contributed by atoms with Gasteiger partial charge in [0.2, 0.25) is 5.91 Å². The van der Waals surface area contributed by atoms with Crippen LogP contribution in [0.15, 0.2) is 54.6 Å². The standard InChI is InChI=1S/C20H22ClN3O2/c21-18-8-6-16(7-9-18)14-19(25)23-10-12-24(13-11-23)20(26)22-15-17-4-2-1-3-5-17/h1-9H,10-15H2,(H,22,26). The number of nitrogens with one attached hydrogen (secondary N) is 1. The first-order valence-corrected chi connectivity index (χ1v) is 9.08. The van der Waals surface area contributed by atoms with Crippen LogP contribution in [0.4, 0.5) is 4.79 Å². The van der Waals surface area contributed by atoms with Crippen molar-refractivity contribution in [2.24, 2.45) is 0 Å². The van der Waals surface area contributed by atoms with Crippen molar-refractivity contribution in [2.45, 2.75) is 13.0 Å². The molecule has 1 saturated heterocycles. The van der Waals surface area contributed by atoms with Gasteiger partial charge >= 0.3 is 6.03 Å². The Kier molecular flexibility index (Phi) is 6.12.